The Hall–Kier alpha value is -2.96. The van der Waals surface area contributed by atoms with Crippen molar-refractivity contribution >= 4 is 29.1 Å². The van der Waals surface area contributed by atoms with Crippen molar-refractivity contribution in [3.8, 4) is 5.75 Å². The van der Waals surface area contributed by atoms with E-state index < -0.39 is 5.60 Å². The molecule has 172 valence electrons. The fourth-order valence-corrected chi connectivity index (χ4v) is 4.29. The molecule has 1 saturated heterocycles. The number of benzene rings is 1. The predicted molar refractivity (Wildman–Crippen MR) is 122 cm³/mol. The molecule has 0 aliphatic carbocycles. The maximum Gasteiger partial charge on any atom is 0.410 e. The Morgan fingerprint density at radius 3 is 2.69 bits per heavy atom. The van der Waals surface area contributed by atoms with Crippen LogP contribution in [0, 0.1) is 11.8 Å². The van der Waals surface area contributed by atoms with Gasteiger partial charge in [-0.1, -0.05) is 0 Å². The molecule has 1 aromatic heterocycles. The largest absolute Gasteiger partial charge is 0.497 e. The first-order valence-corrected chi connectivity index (χ1v) is 11.1. The van der Waals surface area contributed by atoms with Gasteiger partial charge in [-0.25, -0.2) is 4.79 Å². The fraction of sp³-hybridized carbons (Fsp3) is 0.520. The number of hydrogen-bond acceptors (Lipinski definition) is 6. The van der Waals surface area contributed by atoms with Crippen LogP contribution < -0.4 is 4.74 Å². The van der Waals surface area contributed by atoms with Crippen LogP contribution in [0.4, 0.5) is 4.79 Å². The summed E-state index contributed by atoms with van der Waals surface area (Å²) in [6.45, 7) is 6.56. The third-order valence-corrected chi connectivity index (χ3v) is 5.93. The number of carbonyl (C=O) groups excluding carboxylic acids is 3. The molecule has 0 spiro atoms. The lowest BCUT2D eigenvalue weighted by Crippen LogP contribution is -2.46. The summed E-state index contributed by atoms with van der Waals surface area (Å²) in [6.07, 6.45) is 4.37. The molecule has 32 heavy (non-hydrogen) atoms. The van der Waals surface area contributed by atoms with Crippen molar-refractivity contribution in [1.29, 1.82) is 0 Å². The van der Waals surface area contributed by atoms with Crippen LogP contribution in [-0.2, 0) is 9.53 Å². The third-order valence-electron chi connectivity index (χ3n) is 5.93. The van der Waals surface area contributed by atoms with Gasteiger partial charge in [0.2, 0.25) is 0 Å². The Morgan fingerprint density at radius 2 is 2.00 bits per heavy atom. The van der Waals surface area contributed by atoms with Gasteiger partial charge in [0.05, 0.1) is 12.6 Å². The number of piperidine rings is 1. The third kappa shape index (κ3) is 5.84. The summed E-state index contributed by atoms with van der Waals surface area (Å²) < 4.78 is 10.8. The van der Waals surface area contributed by atoms with Gasteiger partial charge in [-0.15, -0.1) is 0 Å². The van der Waals surface area contributed by atoms with E-state index in [1.807, 2.05) is 39.0 Å². The molecule has 0 bridgehead atoms. The van der Waals surface area contributed by atoms with E-state index in [4.69, 9.17) is 9.47 Å². The number of fused-ring (bicyclic) bond motifs is 1. The van der Waals surface area contributed by atoms with Crippen LogP contribution >= 0.6 is 0 Å². The first-order valence-electron chi connectivity index (χ1n) is 11.1. The highest BCUT2D eigenvalue weighted by Gasteiger charge is 2.33. The SMILES string of the molecule is COc1ccc2nccc(C(=O)CC[C@@H]3CCN(C(=O)OC(C)(C)C)C[C@H]3CC=O)c2c1. The van der Waals surface area contributed by atoms with Gasteiger partial charge in [-0.3, -0.25) is 9.78 Å². The first-order chi connectivity index (χ1) is 15.2. The van der Waals surface area contributed by atoms with Gasteiger partial charge in [0.25, 0.3) is 0 Å². The lowest BCUT2D eigenvalue weighted by Gasteiger charge is -2.38. The van der Waals surface area contributed by atoms with Crippen molar-refractivity contribution in [3.63, 3.8) is 0 Å². The number of rotatable bonds is 7. The monoisotopic (exact) mass is 440 g/mol. The molecule has 0 N–H and O–H groups in total. The van der Waals surface area contributed by atoms with Crippen molar-refractivity contribution in [1.82, 2.24) is 9.88 Å². The van der Waals surface area contributed by atoms with Crippen LogP contribution in [0.3, 0.4) is 0 Å². The van der Waals surface area contributed by atoms with E-state index in [0.717, 1.165) is 23.6 Å². The van der Waals surface area contributed by atoms with Gasteiger partial charge < -0.3 is 19.2 Å². The molecule has 0 saturated carbocycles. The zero-order valence-corrected chi connectivity index (χ0v) is 19.3. The zero-order valence-electron chi connectivity index (χ0n) is 19.3. The minimum Gasteiger partial charge on any atom is -0.497 e. The quantitative estimate of drug-likeness (QED) is 0.459. The lowest BCUT2D eigenvalue weighted by molar-refractivity contribution is -0.109. The van der Waals surface area contributed by atoms with E-state index in [1.54, 1.807) is 24.3 Å². The number of Topliss-reactive ketones (excluding diaryl/α,β-unsaturated/α-hetero) is 1. The van der Waals surface area contributed by atoms with E-state index in [9.17, 15) is 14.4 Å². The molecule has 0 unspecified atom stereocenters. The van der Waals surface area contributed by atoms with E-state index in [0.29, 0.717) is 43.7 Å². The Balaban J connectivity index is 1.67. The standard InChI is InChI=1S/C25H32N2O5/c1-25(2,3)32-24(30)27-13-10-17(18(16-27)11-14-28)5-8-23(29)20-9-12-26-22-7-6-19(31-4)15-21(20)22/h6-7,9,12,14-15,17-18H,5,8,10-11,13,16H2,1-4H3/t17-,18-/m1/s1. The van der Waals surface area contributed by atoms with Crippen molar-refractivity contribution in [3.05, 3.63) is 36.0 Å². The lowest BCUT2D eigenvalue weighted by atomic mass is 9.80. The van der Waals surface area contributed by atoms with Crippen molar-refractivity contribution < 1.29 is 23.9 Å². The number of amides is 1. The summed E-state index contributed by atoms with van der Waals surface area (Å²) in [5, 5.41) is 0.779. The van der Waals surface area contributed by atoms with E-state index in [2.05, 4.69) is 4.98 Å². The molecule has 1 fully saturated rings. The number of carbonyl (C=O) groups is 3. The van der Waals surface area contributed by atoms with E-state index in [1.165, 1.54) is 0 Å². The number of aromatic nitrogens is 1. The number of likely N-dealkylation sites (tertiary alicyclic amines) is 1. The zero-order chi connectivity index (χ0) is 23.3. The molecule has 7 heteroatoms. The molecular weight excluding hydrogens is 408 g/mol. The fourth-order valence-electron chi connectivity index (χ4n) is 4.29. The first kappa shape index (κ1) is 23.7. The van der Waals surface area contributed by atoms with E-state index in [-0.39, 0.29) is 23.7 Å². The van der Waals surface area contributed by atoms with Crippen LogP contribution in [0.2, 0.25) is 0 Å². The number of aldehydes is 1. The highest BCUT2D eigenvalue weighted by molar-refractivity contribution is 6.07. The smallest absolute Gasteiger partial charge is 0.410 e. The number of nitrogens with zero attached hydrogens (tertiary/aromatic N) is 2. The maximum absolute atomic E-state index is 13.1. The second-order valence-corrected chi connectivity index (χ2v) is 9.34. The molecule has 3 rings (SSSR count). The summed E-state index contributed by atoms with van der Waals surface area (Å²) in [6, 6.07) is 7.26. The van der Waals surface area contributed by atoms with Crippen LogP contribution in [-0.4, -0.2) is 53.8 Å². The number of ether oxygens (including phenoxy) is 2. The summed E-state index contributed by atoms with van der Waals surface area (Å²) >= 11 is 0. The highest BCUT2D eigenvalue weighted by atomic mass is 16.6. The van der Waals surface area contributed by atoms with Crippen molar-refractivity contribution in [2.75, 3.05) is 20.2 Å². The molecule has 1 aromatic carbocycles. The number of ketones is 1. The Bertz CT molecular complexity index is 982. The molecule has 7 nitrogen and oxygen atoms in total. The van der Waals surface area contributed by atoms with Crippen LogP contribution in [0.25, 0.3) is 10.9 Å². The van der Waals surface area contributed by atoms with Crippen molar-refractivity contribution in [2.45, 2.75) is 52.1 Å². The topological polar surface area (TPSA) is 85.8 Å². The Kier molecular flexibility index (Phi) is 7.48. The normalized spacial score (nSPS) is 18.9. The second-order valence-electron chi connectivity index (χ2n) is 9.34. The van der Waals surface area contributed by atoms with Crippen LogP contribution in [0.1, 0.15) is 56.8 Å². The molecule has 2 atom stereocenters. The second kappa shape index (κ2) is 10.1. The molecule has 2 heterocycles. The van der Waals surface area contributed by atoms with E-state index >= 15 is 0 Å². The summed E-state index contributed by atoms with van der Waals surface area (Å²) in [4.78, 5) is 42.8. The minimum atomic E-state index is -0.559. The summed E-state index contributed by atoms with van der Waals surface area (Å²) in [5.74, 6) is 0.950. The van der Waals surface area contributed by atoms with Gasteiger partial charge in [0.15, 0.2) is 5.78 Å². The van der Waals surface area contributed by atoms with Gasteiger partial charge in [0.1, 0.15) is 17.6 Å². The maximum atomic E-state index is 13.1. The molecule has 1 aliphatic heterocycles. The molecule has 1 amide bonds. The van der Waals surface area contributed by atoms with Gasteiger partial charge in [-0.05, 0) is 69.7 Å². The Labute approximate surface area is 189 Å². The predicted octanol–water partition coefficient (Wildman–Crippen LogP) is 4.67. The van der Waals surface area contributed by atoms with Crippen LogP contribution in [0.5, 0.6) is 5.75 Å². The average molecular weight is 441 g/mol. The summed E-state index contributed by atoms with van der Waals surface area (Å²) in [5.41, 5.74) is 0.824. The van der Waals surface area contributed by atoms with Crippen molar-refractivity contribution in [2.24, 2.45) is 11.8 Å². The highest BCUT2D eigenvalue weighted by Crippen LogP contribution is 2.32. The molecule has 1 aliphatic rings. The number of pyridine rings is 1. The average Bonchev–Trinajstić information content (AvgIpc) is 2.76. The molecular formula is C25H32N2O5. The van der Waals surface area contributed by atoms with Gasteiger partial charge >= 0.3 is 6.09 Å². The minimum absolute atomic E-state index is 0.0239. The van der Waals surface area contributed by atoms with Crippen LogP contribution in [0.15, 0.2) is 30.5 Å². The van der Waals surface area contributed by atoms with Gasteiger partial charge in [-0.2, -0.15) is 0 Å². The number of hydrogen-bond donors (Lipinski definition) is 0. The Morgan fingerprint density at radius 1 is 1.22 bits per heavy atom. The molecule has 2 aromatic rings. The molecule has 0 radical (unpaired) electrons. The summed E-state index contributed by atoms with van der Waals surface area (Å²) in [7, 11) is 1.59. The van der Waals surface area contributed by atoms with Gasteiger partial charge in [0, 0.05) is 43.1 Å². The number of methoxy groups -OCH3 is 1.